The molecule has 1 amide bonds. The Labute approximate surface area is 224 Å². The van der Waals surface area contributed by atoms with E-state index in [0.29, 0.717) is 63.3 Å². The van der Waals surface area contributed by atoms with Gasteiger partial charge in [0, 0.05) is 22.7 Å². The molecular weight excluding hydrogens is 508 g/mol. The minimum absolute atomic E-state index is 0.0876. The summed E-state index contributed by atoms with van der Waals surface area (Å²) in [6.45, 7) is 8.35. The van der Waals surface area contributed by atoms with Crippen LogP contribution in [-0.4, -0.2) is 53.1 Å². The smallest absolute Gasteiger partial charge is 0.292 e. The molecule has 0 fully saturated rings. The number of halogens is 1. The number of amides is 1. The highest BCUT2D eigenvalue weighted by Gasteiger charge is 2.44. The van der Waals surface area contributed by atoms with Crippen LogP contribution >= 0.6 is 11.6 Å². The molecule has 11 nitrogen and oxygen atoms in total. The Kier molecular flexibility index (Phi) is 6.70. The van der Waals surface area contributed by atoms with Gasteiger partial charge in [0.15, 0.2) is 11.7 Å². The number of amidine groups is 1. The third-order valence-corrected chi connectivity index (χ3v) is 7.13. The van der Waals surface area contributed by atoms with Crippen LogP contribution in [0, 0.1) is 12.8 Å². The summed E-state index contributed by atoms with van der Waals surface area (Å²) in [5.41, 5.74) is 16.5. The van der Waals surface area contributed by atoms with E-state index in [-0.39, 0.29) is 18.0 Å². The quantitative estimate of drug-likeness (QED) is 0.416. The average molecular weight is 537 g/mol. The molecule has 3 unspecified atom stereocenters. The molecule has 2 aliphatic heterocycles. The van der Waals surface area contributed by atoms with E-state index in [4.69, 9.17) is 37.3 Å². The van der Waals surface area contributed by atoms with E-state index < -0.39 is 12.1 Å². The molecule has 198 valence electrons. The lowest BCUT2D eigenvalue weighted by Crippen LogP contribution is -2.43. The number of fused-ring (bicyclic) bond motifs is 2. The van der Waals surface area contributed by atoms with Crippen molar-refractivity contribution in [2.24, 2.45) is 26.7 Å². The summed E-state index contributed by atoms with van der Waals surface area (Å²) >= 11 is 6.64. The molecule has 0 saturated heterocycles. The number of nitrogens with one attached hydrogen (secondary N) is 1. The fraction of sp³-hybridized carbons (Fsp3) is 0.346. The molecule has 3 aromatic rings. The van der Waals surface area contributed by atoms with E-state index in [2.05, 4.69) is 20.3 Å². The largest absolute Gasteiger partial charge is 0.493 e. The van der Waals surface area contributed by atoms with Gasteiger partial charge >= 0.3 is 0 Å². The third-order valence-electron chi connectivity index (χ3n) is 6.74. The number of hydrazone groups is 1. The second kappa shape index (κ2) is 9.97. The maximum absolute atomic E-state index is 13.1. The van der Waals surface area contributed by atoms with Crippen LogP contribution in [0.5, 0.6) is 5.75 Å². The molecule has 3 heterocycles. The number of ether oxygens (including phenoxy) is 1. The molecule has 0 aliphatic carbocycles. The lowest BCUT2D eigenvalue weighted by atomic mass is 9.92. The normalized spacial score (nSPS) is 19.2. The van der Waals surface area contributed by atoms with Gasteiger partial charge in [0.2, 0.25) is 0 Å². The van der Waals surface area contributed by atoms with Crippen LogP contribution in [0.1, 0.15) is 53.9 Å². The van der Waals surface area contributed by atoms with E-state index in [0.717, 1.165) is 5.56 Å². The standard InChI is InChI=1S/C26H29ClN8O3/c1-5-30-25(36)19-12(3)16(27)10-15(22(19)37-6-2)13(4)35-24-20(23(28)31-11-32-24)21(34-35)14-7-8-18-17(9-14)33-26(29)38-18/h7-11,13,20,24H,5-6H2,1-4H3,(H2,29,33)(H,30,36)(H2,28,31,32). The molecule has 5 rings (SSSR count). The van der Waals surface area contributed by atoms with E-state index >= 15 is 0 Å². The lowest BCUT2D eigenvalue weighted by molar-refractivity contribution is 0.0950. The molecule has 1 aromatic heterocycles. The molecule has 2 aliphatic rings. The number of aromatic nitrogens is 1. The van der Waals surface area contributed by atoms with Crippen LogP contribution in [0.2, 0.25) is 5.02 Å². The second-order valence-corrected chi connectivity index (χ2v) is 9.46. The zero-order valence-corrected chi connectivity index (χ0v) is 22.3. The number of carbonyl (C=O) groups excluding carboxylic acids is 1. The highest BCUT2D eigenvalue weighted by Crippen LogP contribution is 2.42. The second-order valence-electron chi connectivity index (χ2n) is 9.05. The van der Waals surface area contributed by atoms with Crippen molar-refractivity contribution in [3.05, 3.63) is 51.5 Å². The van der Waals surface area contributed by atoms with Crippen molar-refractivity contribution in [3.63, 3.8) is 0 Å². The molecule has 0 saturated carbocycles. The van der Waals surface area contributed by atoms with Crippen LogP contribution < -0.4 is 21.5 Å². The van der Waals surface area contributed by atoms with Crippen LogP contribution in [-0.2, 0) is 0 Å². The summed E-state index contributed by atoms with van der Waals surface area (Å²) in [5, 5.41) is 10.2. The lowest BCUT2D eigenvalue weighted by Gasteiger charge is -2.32. The van der Waals surface area contributed by atoms with Crippen LogP contribution in [0.3, 0.4) is 0 Å². The minimum Gasteiger partial charge on any atom is -0.493 e. The van der Waals surface area contributed by atoms with E-state index in [1.54, 1.807) is 13.0 Å². The number of benzene rings is 2. The van der Waals surface area contributed by atoms with Gasteiger partial charge in [-0.1, -0.05) is 11.6 Å². The SMILES string of the molecule is CCNC(=O)c1c(C)c(Cl)cc(C(C)N2N=C(c3ccc4oc(N)nc4c3)C3C(N)=NC=NC32)c1OCC. The summed E-state index contributed by atoms with van der Waals surface area (Å²) < 4.78 is 11.5. The van der Waals surface area contributed by atoms with Gasteiger partial charge < -0.3 is 25.9 Å². The number of hydrogen-bond acceptors (Lipinski definition) is 10. The Morgan fingerprint density at radius 3 is 2.82 bits per heavy atom. The summed E-state index contributed by atoms with van der Waals surface area (Å²) in [4.78, 5) is 26.2. The van der Waals surface area contributed by atoms with Gasteiger partial charge in [-0.2, -0.15) is 10.1 Å². The van der Waals surface area contributed by atoms with Gasteiger partial charge in [0.05, 0.1) is 23.9 Å². The van der Waals surface area contributed by atoms with Gasteiger partial charge in [-0.3, -0.25) is 9.80 Å². The molecule has 3 atom stereocenters. The number of hydrogen-bond donors (Lipinski definition) is 3. The van der Waals surface area contributed by atoms with E-state index in [9.17, 15) is 4.79 Å². The number of nitrogens with zero attached hydrogens (tertiary/aromatic N) is 5. The van der Waals surface area contributed by atoms with Crippen molar-refractivity contribution < 1.29 is 13.9 Å². The summed E-state index contributed by atoms with van der Waals surface area (Å²) in [7, 11) is 0. The Hall–Kier alpha value is -4.12. The molecule has 38 heavy (non-hydrogen) atoms. The predicted octanol–water partition coefficient (Wildman–Crippen LogP) is 3.64. The number of nitrogens with two attached hydrogens (primary N) is 2. The first-order valence-electron chi connectivity index (χ1n) is 12.4. The molecule has 0 radical (unpaired) electrons. The Morgan fingerprint density at radius 2 is 2.08 bits per heavy atom. The fourth-order valence-electron chi connectivity index (χ4n) is 4.91. The van der Waals surface area contributed by atoms with Gasteiger partial charge in [-0.25, -0.2) is 9.98 Å². The molecule has 12 heteroatoms. The zero-order valence-electron chi connectivity index (χ0n) is 21.5. The van der Waals surface area contributed by atoms with E-state index in [1.165, 1.54) is 6.34 Å². The van der Waals surface area contributed by atoms with Crippen LogP contribution in [0.15, 0.2) is 43.8 Å². The van der Waals surface area contributed by atoms with Crippen molar-refractivity contribution in [1.29, 1.82) is 0 Å². The third kappa shape index (κ3) is 4.22. The van der Waals surface area contributed by atoms with Crippen molar-refractivity contribution in [3.8, 4) is 5.75 Å². The van der Waals surface area contributed by atoms with Crippen molar-refractivity contribution >= 4 is 52.5 Å². The Bertz CT molecular complexity index is 1510. The predicted molar refractivity (Wildman–Crippen MR) is 148 cm³/mol. The minimum atomic E-state index is -0.460. The number of carbonyl (C=O) groups is 1. The Balaban J connectivity index is 1.63. The van der Waals surface area contributed by atoms with Crippen LogP contribution in [0.4, 0.5) is 6.01 Å². The zero-order chi connectivity index (χ0) is 27.1. The van der Waals surface area contributed by atoms with Crippen LogP contribution in [0.25, 0.3) is 11.1 Å². The molecule has 2 aromatic carbocycles. The topological polar surface area (TPSA) is 157 Å². The van der Waals surface area contributed by atoms with Crippen molar-refractivity contribution in [1.82, 2.24) is 15.3 Å². The van der Waals surface area contributed by atoms with Gasteiger partial charge in [0.25, 0.3) is 11.9 Å². The van der Waals surface area contributed by atoms with E-state index in [1.807, 2.05) is 44.0 Å². The number of anilines is 1. The first kappa shape index (κ1) is 25.5. The maximum Gasteiger partial charge on any atom is 0.292 e. The van der Waals surface area contributed by atoms with Gasteiger partial charge in [0.1, 0.15) is 29.4 Å². The van der Waals surface area contributed by atoms with Crippen molar-refractivity contribution in [2.75, 3.05) is 18.9 Å². The highest BCUT2D eigenvalue weighted by atomic mass is 35.5. The summed E-state index contributed by atoms with van der Waals surface area (Å²) in [6, 6.07) is 7.05. The number of oxazole rings is 1. The molecular formula is C26H29ClN8O3. The monoisotopic (exact) mass is 536 g/mol. The number of rotatable bonds is 7. The molecule has 5 N–H and O–H groups in total. The Morgan fingerprint density at radius 1 is 1.29 bits per heavy atom. The fourth-order valence-corrected chi connectivity index (χ4v) is 5.12. The van der Waals surface area contributed by atoms with Gasteiger partial charge in [-0.15, -0.1) is 0 Å². The highest BCUT2D eigenvalue weighted by molar-refractivity contribution is 6.32. The summed E-state index contributed by atoms with van der Waals surface area (Å²) in [5.74, 6) is 0.214. The average Bonchev–Trinajstić information content (AvgIpc) is 3.46. The first-order chi connectivity index (χ1) is 18.2. The van der Waals surface area contributed by atoms with Gasteiger partial charge in [-0.05, 0) is 57.5 Å². The molecule has 0 spiro atoms. The number of aliphatic imine (C=N–C) groups is 2. The van der Waals surface area contributed by atoms with Crippen molar-refractivity contribution in [2.45, 2.75) is 39.9 Å². The molecule has 0 bridgehead atoms. The first-order valence-corrected chi connectivity index (χ1v) is 12.7. The number of nitrogen functional groups attached to an aromatic ring is 1. The summed E-state index contributed by atoms with van der Waals surface area (Å²) in [6.07, 6.45) is 0.986. The maximum atomic E-state index is 13.1.